The number of nitrogens with zero attached hydrogens (tertiary/aromatic N) is 4. The predicted octanol–water partition coefficient (Wildman–Crippen LogP) is -1.25. The molecule has 0 aliphatic heterocycles. The lowest BCUT2D eigenvalue weighted by atomic mass is 10.6. The van der Waals surface area contributed by atoms with Crippen molar-refractivity contribution in [3.05, 3.63) is 11.6 Å². The lowest BCUT2D eigenvalue weighted by Gasteiger charge is -1.94. The van der Waals surface area contributed by atoms with Gasteiger partial charge in [-0.15, -0.1) is 20.4 Å². The molecule has 0 fully saturated rings. The van der Waals surface area contributed by atoms with Gasteiger partial charge >= 0.3 is 11.9 Å². The molecule has 0 amide bonds. The molecule has 0 saturated heterocycles. The van der Waals surface area contributed by atoms with E-state index in [2.05, 4.69) is 25.1 Å². The van der Waals surface area contributed by atoms with Crippen molar-refractivity contribution < 1.29 is 19.4 Å². The molecule has 0 bridgehead atoms. The summed E-state index contributed by atoms with van der Waals surface area (Å²) in [5, 5.41) is 21.0. The highest BCUT2D eigenvalue weighted by atomic mass is 16.5. The monoisotopic (exact) mass is 184 g/mol. The van der Waals surface area contributed by atoms with Crippen LogP contribution in [0.5, 0.6) is 0 Å². The second-order valence-corrected chi connectivity index (χ2v) is 1.84. The first-order chi connectivity index (χ1) is 6.15. The van der Waals surface area contributed by atoms with Crippen molar-refractivity contribution in [3.63, 3.8) is 0 Å². The van der Waals surface area contributed by atoms with E-state index in [4.69, 9.17) is 5.11 Å². The van der Waals surface area contributed by atoms with Crippen LogP contribution in [0.1, 0.15) is 21.2 Å². The van der Waals surface area contributed by atoms with Gasteiger partial charge in [-0.05, 0) is 0 Å². The van der Waals surface area contributed by atoms with E-state index in [-0.39, 0.29) is 5.82 Å². The minimum atomic E-state index is -1.36. The Morgan fingerprint density at radius 2 is 1.62 bits per heavy atom. The SMILES string of the molecule is COC(=O)c1nnc(C(=O)O)nn1. The number of hydrogen-bond donors (Lipinski definition) is 1. The maximum Gasteiger partial charge on any atom is 0.379 e. The molecule has 0 atom stereocenters. The summed E-state index contributed by atoms with van der Waals surface area (Å²) in [5.41, 5.74) is 0. The van der Waals surface area contributed by atoms with Crippen LogP contribution in [-0.2, 0) is 4.74 Å². The fraction of sp³-hybridized carbons (Fsp3) is 0.200. The molecule has 8 nitrogen and oxygen atoms in total. The van der Waals surface area contributed by atoms with Gasteiger partial charge in [0.05, 0.1) is 7.11 Å². The maximum absolute atomic E-state index is 10.7. The molecular weight excluding hydrogens is 180 g/mol. The molecule has 1 aromatic heterocycles. The highest BCUT2D eigenvalue weighted by molar-refractivity contribution is 5.85. The smallest absolute Gasteiger partial charge is 0.379 e. The van der Waals surface area contributed by atoms with Crippen LogP contribution < -0.4 is 0 Å². The van der Waals surface area contributed by atoms with Crippen molar-refractivity contribution in [1.82, 2.24) is 20.4 Å². The first kappa shape index (κ1) is 8.97. The van der Waals surface area contributed by atoms with E-state index in [0.29, 0.717) is 0 Å². The number of methoxy groups -OCH3 is 1. The number of aromatic carboxylic acids is 1. The zero-order valence-electron chi connectivity index (χ0n) is 6.46. The number of ether oxygens (including phenoxy) is 1. The first-order valence-electron chi connectivity index (χ1n) is 3.04. The van der Waals surface area contributed by atoms with E-state index in [9.17, 15) is 9.59 Å². The average Bonchev–Trinajstić information content (AvgIpc) is 2.17. The normalized spacial score (nSPS) is 9.31. The molecular formula is C5H4N4O4. The van der Waals surface area contributed by atoms with Crippen LogP contribution in [0.3, 0.4) is 0 Å². The zero-order chi connectivity index (χ0) is 9.84. The second kappa shape index (κ2) is 3.52. The molecule has 1 aromatic rings. The van der Waals surface area contributed by atoms with Crippen LogP contribution in [0.15, 0.2) is 0 Å². The Morgan fingerprint density at radius 3 is 2.00 bits per heavy atom. The Bertz CT molecular complexity index is 335. The average molecular weight is 184 g/mol. The summed E-state index contributed by atoms with van der Waals surface area (Å²) in [6, 6.07) is 0. The predicted molar refractivity (Wildman–Crippen MR) is 35.9 cm³/mol. The molecule has 0 aliphatic carbocycles. The van der Waals surface area contributed by atoms with E-state index in [1.807, 2.05) is 0 Å². The number of carbonyl (C=O) groups excluding carboxylic acids is 1. The summed E-state index contributed by atoms with van der Waals surface area (Å²) in [4.78, 5) is 21.0. The number of carboxylic acid groups (broad SMARTS) is 1. The minimum Gasteiger partial charge on any atom is -0.475 e. The maximum atomic E-state index is 10.7. The number of esters is 1. The molecule has 1 heterocycles. The van der Waals surface area contributed by atoms with Crippen molar-refractivity contribution in [3.8, 4) is 0 Å². The van der Waals surface area contributed by atoms with Gasteiger partial charge in [-0.1, -0.05) is 0 Å². The van der Waals surface area contributed by atoms with Gasteiger partial charge in [-0.3, -0.25) is 0 Å². The lowest BCUT2D eigenvalue weighted by Crippen LogP contribution is -2.14. The summed E-state index contributed by atoms with van der Waals surface area (Å²) >= 11 is 0. The van der Waals surface area contributed by atoms with Crippen LogP contribution in [0, 0.1) is 0 Å². The summed E-state index contributed by atoms with van der Waals surface area (Å²) in [5.74, 6) is -3.14. The molecule has 0 unspecified atom stereocenters. The highest BCUT2D eigenvalue weighted by Crippen LogP contribution is 1.89. The van der Waals surface area contributed by atoms with E-state index >= 15 is 0 Å². The second-order valence-electron chi connectivity index (χ2n) is 1.84. The molecule has 0 spiro atoms. The van der Waals surface area contributed by atoms with Crippen molar-refractivity contribution in [2.75, 3.05) is 7.11 Å². The third-order valence-electron chi connectivity index (χ3n) is 1.04. The molecule has 0 radical (unpaired) electrons. The van der Waals surface area contributed by atoms with Gasteiger partial charge in [0.15, 0.2) is 0 Å². The molecule has 8 heteroatoms. The van der Waals surface area contributed by atoms with Crippen molar-refractivity contribution >= 4 is 11.9 Å². The van der Waals surface area contributed by atoms with Crippen LogP contribution in [0.2, 0.25) is 0 Å². The third-order valence-corrected chi connectivity index (χ3v) is 1.04. The van der Waals surface area contributed by atoms with Gasteiger partial charge in [0, 0.05) is 0 Å². The van der Waals surface area contributed by atoms with Crippen molar-refractivity contribution in [1.29, 1.82) is 0 Å². The molecule has 0 aliphatic rings. The summed E-state index contributed by atoms with van der Waals surface area (Å²) in [7, 11) is 1.14. The molecule has 1 rings (SSSR count). The first-order valence-corrected chi connectivity index (χ1v) is 3.04. The summed E-state index contributed by atoms with van der Waals surface area (Å²) in [6.07, 6.45) is 0. The fourth-order valence-electron chi connectivity index (χ4n) is 0.488. The number of aromatic nitrogens is 4. The molecule has 68 valence electrons. The Morgan fingerprint density at radius 1 is 1.15 bits per heavy atom. The van der Waals surface area contributed by atoms with Crippen LogP contribution >= 0.6 is 0 Å². The van der Waals surface area contributed by atoms with E-state index in [1.165, 1.54) is 0 Å². The minimum absolute atomic E-state index is 0.382. The van der Waals surface area contributed by atoms with Gasteiger partial charge < -0.3 is 9.84 Å². The van der Waals surface area contributed by atoms with E-state index < -0.39 is 17.8 Å². The number of hydrogen-bond acceptors (Lipinski definition) is 7. The summed E-state index contributed by atoms with van der Waals surface area (Å²) in [6.45, 7) is 0. The van der Waals surface area contributed by atoms with Crippen molar-refractivity contribution in [2.24, 2.45) is 0 Å². The summed E-state index contributed by atoms with van der Waals surface area (Å²) < 4.78 is 4.25. The van der Waals surface area contributed by atoms with Gasteiger partial charge in [0.1, 0.15) is 0 Å². The largest absolute Gasteiger partial charge is 0.475 e. The lowest BCUT2D eigenvalue weighted by molar-refractivity contribution is 0.0577. The number of carbonyl (C=O) groups is 2. The third kappa shape index (κ3) is 1.92. The number of carboxylic acids is 1. The Labute approximate surface area is 71.6 Å². The van der Waals surface area contributed by atoms with E-state index in [1.54, 1.807) is 0 Å². The Hall–Kier alpha value is -2.12. The van der Waals surface area contributed by atoms with Crippen LogP contribution in [-0.4, -0.2) is 44.5 Å². The van der Waals surface area contributed by atoms with Gasteiger partial charge in [0.25, 0.3) is 11.6 Å². The van der Waals surface area contributed by atoms with Gasteiger partial charge in [-0.25, -0.2) is 9.59 Å². The van der Waals surface area contributed by atoms with Crippen LogP contribution in [0.4, 0.5) is 0 Å². The topological polar surface area (TPSA) is 115 Å². The molecule has 0 aromatic carbocycles. The Balaban J connectivity index is 2.93. The number of rotatable bonds is 2. The standard InChI is InChI=1S/C5H4N4O4/c1-13-5(12)3-8-6-2(4(10)11)7-9-3/h1H3,(H,10,11). The fourth-order valence-corrected chi connectivity index (χ4v) is 0.488. The zero-order valence-corrected chi connectivity index (χ0v) is 6.46. The molecule has 1 N–H and O–H groups in total. The molecule has 13 heavy (non-hydrogen) atoms. The Kier molecular flexibility index (Phi) is 2.43. The van der Waals surface area contributed by atoms with Gasteiger partial charge in [0.2, 0.25) is 0 Å². The molecule has 0 saturated carbocycles. The van der Waals surface area contributed by atoms with Crippen molar-refractivity contribution in [2.45, 2.75) is 0 Å². The van der Waals surface area contributed by atoms with E-state index in [0.717, 1.165) is 7.11 Å². The highest BCUT2D eigenvalue weighted by Gasteiger charge is 2.13. The van der Waals surface area contributed by atoms with Crippen LogP contribution in [0.25, 0.3) is 0 Å². The van der Waals surface area contributed by atoms with Gasteiger partial charge in [-0.2, -0.15) is 0 Å². The quantitative estimate of drug-likeness (QED) is 0.567.